The SMILES string of the molecule is O=C(c1csc(-c2ccc(Cl)cc2Cl)n1)N1CCCC2CCCC=C21. The molecule has 1 amide bonds. The first-order valence-corrected chi connectivity index (χ1v) is 10.2. The molecule has 0 N–H and O–H groups in total. The molecule has 1 saturated heterocycles. The molecule has 0 bridgehead atoms. The number of carbonyl (C=O) groups is 1. The van der Waals surface area contributed by atoms with Crippen molar-refractivity contribution in [2.24, 2.45) is 5.92 Å². The van der Waals surface area contributed by atoms with Gasteiger partial charge in [0.2, 0.25) is 0 Å². The largest absolute Gasteiger partial charge is 0.311 e. The second-order valence-corrected chi connectivity index (χ2v) is 8.22. The molecule has 1 aromatic heterocycles. The Morgan fingerprint density at radius 2 is 2.08 bits per heavy atom. The first-order valence-electron chi connectivity index (χ1n) is 8.56. The summed E-state index contributed by atoms with van der Waals surface area (Å²) < 4.78 is 0. The predicted molar refractivity (Wildman–Crippen MR) is 103 cm³/mol. The van der Waals surface area contributed by atoms with Gasteiger partial charge in [-0.1, -0.05) is 29.3 Å². The number of rotatable bonds is 2. The maximum atomic E-state index is 13.0. The van der Waals surface area contributed by atoms with Crippen LogP contribution in [0.3, 0.4) is 0 Å². The molecule has 2 aliphatic rings. The summed E-state index contributed by atoms with van der Waals surface area (Å²) in [5.74, 6) is 0.542. The van der Waals surface area contributed by atoms with Gasteiger partial charge in [0.05, 0.1) is 5.02 Å². The summed E-state index contributed by atoms with van der Waals surface area (Å²) >= 11 is 13.7. The summed E-state index contributed by atoms with van der Waals surface area (Å²) in [6.07, 6.45) is 7.99. The van der Waals surface area contributed by atoms with E-state index in [0.717, 1.165) is 30.0 Å². The summed E-state index contributed by atoms with van der Waals surface area (Å²) in [4.78, 5) is 19.5. The minimum atomic E-state index is 0.00503. The number of fused-ring (bicyclic) bond motifs is 1. The van der Waals surface area contributed by atoms with E-state index in [4.69, 9.17) is 23.2 Å². The van der Waals surface area contributed by atoms with Gasteiger partial charge in [-0.05, 0) is 56.2 Å². The minimum Gasteiger partial charge on any atom is -0.311 e. The van der Waals surface area contributed by atoms with Gasteiger partial charge in [-0.2, -0.15) is 0 Å². The van der Waals surface area contributed by atoms with Crippen LogP contribution in [-0.4, -0.2) is 22.3 Å². The highest BCUT2D eigenvalue weighted by Gasteiger charge is 2.31. The van der Waals surface area contributed by atoms with Crippen LogP contribution in [0.25, 0.3) is 10.6 Å². The fourth-order valence-corrected chi connectivity index (χ4v) is 5.08. The standard InChI is InChI=1S/C19H18Cl2N2OS/c20-13-7-8-14(15(21)10-13)18-22-16(11-25-18)19(24)23-9-3-5-12-4-1-2-6-17(12)23/h6-8,10-12H,1-5,9H2. The van der Waals surface area contributed by atoms with E-state index in [1.165, 1.54) is 36.3 Å². The lowest BCUT2D eigenvalue weighted by Crippen LogP contribution is -2.39. The molecular weight excluding hydrogens is 375 g/mol. The van der Waals surface area contributed by atoms with Crippen LogP contribution in [0.15, 0.2) is 35.4 Å². The van der Waals surface area contributed by atoms with Crippen LogP contribution in [0.5, 0.6) is 0 Å². The third-order valence-corrected chi connectivity index (χ3v) is 6.33. The minimum absolute atomic E-state index is 0.00503. The summed E-state index contributed by atoms with van der Waals surface area (Å²) in [6.45, 7) is 0.787. The molecule has 1 atom stereocenters. The maximum Gasteiger partial charge on any atom is 0.277 e. The number of piperidine rings is 1. The number of benzene rings is 1. The number of hydrogen-bond acceptors (Lipinski definition) is 3. The highest BCUT2D eigenvalue weighted by molar-refractivity contribution is 7.13. The zero-order valence-corrected chi connectivity index (χ0v) is 16.0. The van der Waals surface area contributed by atoms with Gasteiger partial charge >= 0.3 is 0 Å². The number of amides is 1. The van der Waals surface area contributed by atoms with Gasteiger partial charge in [0.15, 0.2) is 0 Å². The van der Waals surface area contributed by atoms with Gasteiger partial charge in [0.1, 0.15) is 10.7 Å². The Labute approximate surface area is 161 Å². The molecule has 4 rings (SSSR count). The Bertz CT molecular complexity index is 846. The molecule has 25 heavy (non-hydrogen) atoms. The van der Waals surface area contributed by atoms with E-state index in [9.17, 15) is 4.79 Å². The van der Waals surface area contributed by atoms with Crippen molar-refractivity contribution in [2.75, 3.05) is 6.54 Å². The van der Waals surface area contributed by atoms with Gasteiger partial charge in [0.25, 0.3) is 5.91 Å². The molecule has 0 spiro atoms. The highest BCUT2D eigenvalue weighted by atomic mass is 35.5. The Morgan fingerprint density at radius 3 is 2.92 bits per heavy atom. The molecule has 2 aromatic rings. The first-order chi connectivity index (χ1) is 12.1. The number of aromatic nitrogens is 1. The lowest BCUT2D eigenvalue weighted by atomic mass is 9.85. The Balaban J connectivity index is 1.61. The molecule has 1 unspecified atom stereocenters. The van der Waals surface area contributed by atoms with Crippen LogP contribution < -0.4 is 0 Å². The number of likely N-dealkylation sites (tertiary alicyclic amines) is 1. The number of thiazole rings is 1. The number of halogens is 2. The van der Waals surface area contributed by atoms with Crippen molar-refractivity contribution in [3.05, 3.63) is 51.1 Å². The molecule has 3 nitrogen and oxygen atoms in total. The zero-order chi connectivity index (χ0) is 17.4. The van der Waals surface area contributed by atoms with Crippen molar-refractivity contribution in [2.45, 2.75) is 32.1 Å². The summed E-state index contributed by atoms with van der Waals surface area (Å²) in [7, 11) is 0. The molecule has 0 radical (unpaired) electrons. The monoisotopic (exact) mass is 392 g/mol. The third-order valence-electron chi connectivity index (χ3n) is 4.90. The lowest BCUT2D eigenvalue weighted by molar-refractivity contribution is 0.0744. The molecule has 2 heterocycles. The molecule has 1 fully saturated rings. The van der Waals surface area contributed by atoms with E-state index in [1.54, 1.807) is 12.1 Å². The van der Waals surface area contributed by atoms with E-state index >= 15 is 0 Å². The highest BCUT2D eigenvalue weighted by Crippen LogP contribution is 2.37. The molecule has 1 aromatic carbocycles. The number of allylic oxidation sites excluding steroid dienone is 2. The second kappa shape index (κ2) is 7.10. The van der Waals surface area contributed by atoms with Crippen molar-refractivity contribution in [3.8, 4) is 10.6 Å². The number of hydrogen-bond donors (Lipinski definition) is 0. The van der Waals surface area contributed by atoms with Gasteiger partial charge in [-0.15, -0.1) is 11.3 Å². The summed E-state index contributed by atoms with van der Waals surface area (Å²) in [6, 6.07) is 5.33. The third kappa shape index (κ3) is 3.35. The average molecular weight is 393 g/mol. The van der Waals surface area contributed by atoms with Gasteiger partial charge in [-0.3, -0.25) is 4.79 Å². The van der Waals surface area contributed by atoms with Crippen LogP contribution in [0.4, 0.5) is 0 Å². The van der Waals surface area contributed by atoms with Crippen molar-refractivity contribution in [3.63, 3.8) is 0 Å². The Hall–Kier alpha value is -1.36. The number of carbonyl (C=O) groups excluding carboxylic acids is 1. The topological polar surface area (TPSA) is 33.2 Å². The summed E-state index contributed by atoms with van der Waals surface area (Å²) in [5, 5.41) is 3.71. The van der Waals surface area contributed by atoms with Gasteiger partial charge in [-0.25, -0.2) is 4.98 Å². The molecule has 130 valence electrons. The van der Waals surface area contributed by atoms with Crippen LogP contribution >= 0.6 is 34.5 Å². The van der Waals surface area contributed by atoms with Crippen molar-refractivity contribution in [1.29, 1.82) is 0 Å². The fourth-order valence-electron chi connectivity index (χ4n) is 3.69. The van der Waals surface area contributed by atoms with Crippen LogP contribution in [0.2, 0.25) is 10.0 Å². The quantitative estimate of drug-likeness (QED) is 0.624. The van der Waals surface area contributed by atoms with E-state index in [0.29, 0.717) is 21.7 Å². The fraction of sp³-hybridized carbons (Fsp3) is 0.368. The van der Waals surface area contributed by atoms with E-state index in [1.807, 2.05) is 16.3 Å². The van der Waals surface area contributed by atoms with E-state index in [-0.39, 0.29) is 5.91 Å². The Morgan fingerprint density at radius 1 is 1.24 bits per heavy atom. The van der Waals surface area contributed by atoms with Crippen LogP contribution in [-0.2, 0) is 0 Å². The van der Waals surface area contributed by atoms with E-state index < -0.39 is 0 Å². The lowest BCUT2D eigenvalue weighted by Gasteiger charge is -2.37. The molecule has 6 heteroatoms. The Kier molecular flexibility index (Phi) is 4.85. The van der Waals surface area contributed by atoms with E-state index in [2.05, 4.69) is 11.1 Å². The molecular formula is C19H18Cl2N2OS. The smallest absolute Gasteiger partial charge is 0.277 e. The van der Waals surface area contributed by atoms with Crippen LogP contribution in [0.1, 0.15) is 42.6 Å². The zero-order valence-electron chi connectivity index (χ0n) is 13.7. The van der Waals surface area contributed by atoms with Crippen molar-refractivity contribution in [1.82, 2.24) is 9.88 Å². The molecule has 0 saturated carbocycles. The molecule has 1 aliphatic heterocycles. The molecule has 1 aliphatic carbocycles. The van der Waals surface area contributed by atoms with Crippen molar-refractivity contribution < 1.29 is 4.79 Å². The summed E-state index contributed by atoms with van der Waals surface area (Å²) in [5.41, 5.74) is 2.52. The predicted octanol–water partition coefficient (Wildman–Crippen LogP) is 6.04. The van der Waals surface area contributed by atoms with Gasteiger partial charge < -0.3 is 4.90 Å². The van der Waals surface area contributed by atoms with Gasteiger partial charge in [0, 0.05) is 28.2 Å². The number of nitrogens with zero attached hydrogens (tertiary/aromatic N) is 2. The maximum absolute atomic E-state index is 13.0. The van der Waals surface area contributed by atoms with Crippen molar-refractivity contribution >= 4 is 40.4 Å². The second-order valence-electron chi connectivity index (χ2n) is 6.52. The average Bonchev–Trinajstić information content (AvgIpc) is 3.10. The first kappa shape index (κ1) is 17.1. The normalized spacial score (nSPS) is 20.2. The van der Waals surface area contributed by atoms with Crippen LogP contribution in [0, 0.1) is 5.92 Å².